The lowest BCUT2D eigenvalue weighted by atomic mass is 9.82. The van der Waals surface area contributed by atoms with Crippen molar-refractivity contribution in [2.45, 2.75) is 71.8 Å². The summed E-state index contributed by atoms with van der Waals surface area (Å²) in [5.41, 5.74) is 1.79. The number of amides is 1. The first-order valence-electron chi connectivity index (χ1n) is 11.5. The van der Waals surface area contributed by atoms with Crippen molar-refractivity contribution in [3.05, 3.63) is 39.7 Å². The number of carbonyl (C=O) groups is 2. The summed E-state index contributed by atoms with van der Waals surface area (Å²) in [6, 6.07) is 5.26. The van der Waals surface area contributed by atoms with Crippen molar-refractivity contribution in [3.63, 3.8) is 0 Å². The number of aryl methyl sites for hydroxylation is 2. The maximum Gasteiger partial charge on any atom is 0.336 e. The molecule has 32 heavy (non-hydrogen) atoms. The van der Waals surface area contributed by atoms with Crippen LogP contribution in [-0.2, 0) is 16.0 Å². The molecule has 1 atom stereocenters. The zero-order chi connectivity index (χ0) is 23.3. The van der Waals surface area contributed by atoms with Gasteiger partial charge in [0.2, 0.25) is 0 Å². The van der Waals surface area contributed by atoms with Crippen LogP contribution >= 0.6 is 0 Å². The number of carboxylic acid groups (broad SMARTS) is 1. The Morgan fingerprint density at radius 3 is 2.62 bits per heavy atom. The van der Waals surface area contributed by atoms with Crippen molar-refractivity contribution in [2.24, 2.45) is 11.8 Å². The third-order valence-electron chi connectivity index (χ3n) is 6.43. The van der Waals surface area contributed by atoms with E-state index in [-0.39, 0.29) is 17.5 Å². The van der Waals surface area contributed by atoms with Gasteiger partial charge in [0.25, 0.3) is 5.91 Å². The van der Waals surface area contributed by atoms with E-state index in [1.807, 2.05) is 19.1 Å². The second kappa shape index (κ2) is 10.7. The van der Waals surface area contributed by atoms with E-state index in [4.69, 9.17) is 14.3 Å². The number of rotatable bonds is 9. The van der Waals surface area contributed by atoms with Gasteiger partial charge in [-0.2, -0.15) is 0 Å². The molecule has 7 nitrogen and oxygen atoms in total. The predicted octanol–water partition coefficient (Wildman–Crippen LogP) is 4.22. The highest BCUT2D eigenvalue weighted by Gasteiger charge is 2.26. The van der Waals surface area contributed by atoms with E-state index in [1.54, 1.807) is 13.0 Å². The fraction of sp³-hybridized carbons (Fsp3) is 0.560. The Bertz CT molecular complexity index is 1020. The maximum absolute atomic E-state index is 12.6. The van der Waals surface area contributed by atoms with Crippen LogP contribution in [0.15, 0.2) is 27.4 Å². The summed E-state index contributed by atoms with van der Waals surface area (Å²) >= 11 is 0. The number of hydrogen-bond acceptors (Lipinski definition) is 5. The molecule has 0 radical (unpaired) electrons. The largest absolute Gasteiger partial charge is 0.481 e. The zero-order valence-electron chi connectivity index (χ0n) is 19.1. The number of ether oxygens (including phenoxy) is 1. The van der Waals surface area contributed by atoms with E-state index >= 15 is 0 Å². The normalized spacial score (nSPS) is 19.5. The molecule has 1 unspecified atom stereocenters. The standard InChI is InChI=1S/C25H33NO6/c1-4-5-6-19-13-22(27)32-23-15(2)21(12-11-20(19)23)31-16(3)24(28)26-14-17-7-9-18(10-8-17)25(29)30/h11-13,16-18H,4-10,14H2,1-3H3,(H,26,28)(H,29,30). The molecular weight excluding hydrogens is 410 g/mol. The number of fused-ring (bicyclic) bond motifs is 1. The van der Waals surface area contributed by atoms with Crippen LogP contribution in [0.1, 0.15) is 63.5 Å². The van der Waals surface area contributed by atoms with E-state index in [0.717, 1.165) is 43.1 Å². The Morgan fingerprint density at radius 1 is 1.25 bits per heavy atom. The van der Waals surface area contributed by atoms with E-state index in [9.17, 15) is 14.4 Å². The fourth-order valence-corrected chi connectivity index (χ4v) is 4.36. The molecule has 3 rings (SSSR count). The van der Waals surface area contributed by atoms with Crippen LogP contribution in [-0.4, -0.2) is 29.6 Å². The molecule has 1 aliphatic carbocycles. The van der Waals surface area contributed by atoms with Gasteiger partial charge in [-0.3, -0.25) is 9.59 Å². The molecule has 2 aromatic rings. The molecule has 0 aliphatic heterocycles. The Labute approximate surface area is 188 Å². The smallest absolute Gasteiger partial charge is 0.336 e. The van der Waals surface area contributed by atoms with Gasteiger partial charge >= 0.3 is 11.6 Å². The van der Waals surface area contributed by atoms with Gasteiger partial charge in [0.1, 0.15) is 11.3 Å². The fourth-order valence-electron chi connectivity index (χ4n) is 4.36. The third-order valence-corrected chi connectivity index (χ3v) is 6.43. The molecule has 174 valence electrons. The van der Waals surface area contributed by atoms with Crippen molar-refractivity contribution in [3.8, 4) is 5.75 Å². The SMILES string of the molecule is CCCCc1cc(=O)oc2c(C)c(OC(C)C(=O)NCC3CCC(C(=O)O)CC3)ccc12. The Hall–Kier alpha value is -2.83. The zero-order valence-corrected chi connectivity index (χ0v) is 19.1. The van der Waals surface area contributed by atoms with Gasteiger partial charge < -0.3 is 19.6 Å². The molecule has 1 heterocycles. The van der Waals surface area contributed by atoms with Crippen LogP contribution in [0, 0.1) is 18.8 Å². The maximum atomic E-state index is 12.6. The van der Waals surface area contributed by atoms with E-state index < -0.39 is 12.1 Å². The number of carbonyl (C=O) groups excluding carboxylic acids is 1. The van der Waals surface area contributed by atoms with Gasteiger partial charge in [-0.25, -0.2) is 4.79 Å². The number of carboxylic acids is 1. The second-order valence-electron chi connectivity index (χ2n) is 8.82. The number of nitrogens with one attached hydrogen (secondary N) is 1. The highest BCUT2D eigenvalue weighted by Crippen LogP contribution is 2.30. The summed E-state index contributed by atoms with van der Waals surface area (Å²) in [4.78, 5) is 35.7. The summed E-state index contributed by atoms with van der Waals surface area (Å²) in [7, 11) is 0. The van der Waals surface area contributed by atoms with Crippen molar-refractivity contribution in [1.29, 1.82) is 0 Å². The lowest BCUT2D eigenvalue weighted by Gasteiger charge is -2.26. The number of hydrogen-bond donors (Lipinski definition) is 2. The van der Waals surface area contributed by atoms with Crippen LogP contribution in [0.25, 0.3) is 11.0 Å². The van der Waals surface area contributed by atoms with Crippen molar-refractivity contribution in [1.82, 2.24) is 5.32 Å². The van der Waals surface area contributed by atoms with Crippen molar-refractivity contribution >= 4 is 22.8 Å². The first-order valence-corrected chi connectivity index (χ1v) is 11.5. The molecule has 1 aliphatic rings. The number of benzene rings is 1. The summed E-state index contributed by atoms with van der Waals surface area (Å²) in [5, 5.41) is 12.9. The molecule has 0 bridgehead atoms. The number of unbranched alkanes of at least 4 members (excludes halogenated alkanes) is 1. The van der Waals surface area contributed by atoms with Crippen LogP contribution in [0.3, 0.4) is 0 Å². The summed E-state index contributed by atoms with van der Waals surface area (Å²) in [6.07, 6.45) is 5.04. The predicted molar refractivity (Wildman–Crippen MR) is 122 cm³/mol. The minimum absolute atomic E-state index is 0.219. The highest BCUT2D eigenvalue weighted by molar-refractivity contribution is 5.85. The Kier molecular flexibility index (Phi) is 7.94. The first kappa shape index (κ1) is 23.8. The van der Waals surface area contributed by atoms with Gasteiger partial charge in [0.15, 0.2) is 6.10 Å². The van der Waals surface area contributed by atoms with Gasteiger partial charge in [0, 0.05) is 23.6 Å². The molecule has 0 spiro atoms. The minimum atomic E-state index is -0.728. The monoisotopic (exact) mass is 443 g/mol. The molecular formula is C25H33NO6. The van der Waals surface area contributed by atoms with Gasteiger partial charge in [0.05, 0.1) is 5.92 Å². The molecule has 1 amide bonds. The van der Waals surface area contributed by atoms with Crippen molar-refractivity contribution < 1.29 is 23.8 Å². The summed E-state index contributed by atoms with van der Waals surface area (Å²) < 4.78 is 11.4. The lowest BCUT2D eigenvalue weighted by Crippen LogP contribution is -2.39. The number of aliphatic carboxylic acids is 1. The van der Waals surface area contributed by atoms with Gasteiger partial charge in [-0.15, -0.1) is 0 Å². The average Bonchev–Trinajstić information content (AvgIpc) is 2.78. The topological polar surface area (TPSA) is 106 Å². The lowest BCUT2D eigenvalue weighted by molar-refractivity contribution is -0.143. The molecule has 1 fully saturated rings. The minimum Gasteiger partial charge on any atom is -0.481 e. The van der Waals surface area contributed by atoms with Crippen LogP contribution in [0.2, 0.25) is 0 Å². The quantitative estimate of drug-likeness (QED) is 0.562. The molecule has 1 aromatic heterocycles. The van der Waals surface area contributed by atoms with E-state index in [2.05, 4.69) is 12.2 Å². The van der Waals surface area contributed by atoms with E-state index in [0.29, 0.717) is 42.2 Å². The van der Waals surface area contributed by atoms with Gasteiger partial charge in [-0.05, 0) is 76.0 Å². The molecule has 1 aromatic carbocycles. The van der Waals surface area contributed by atoms with Crippen molar-refractivity contribution in [2.75, 3.05) is 6.54 Å². The average molecular weight is 444 g/mol. The Morgan fingerprint density at radius 2 is 1.97 bits per heavy atom. The summed E-state index contributed by atoms with van der Waals surface area (Å²) in [6.45, 7) is 6.15. The molecule has 0 saturated heterocycles. The van der Waals surface area contributed by atoms with Crippen LogP contribution < -0.4 is 15.7 Å². The highest BCUT2D eigenvalue weighted by atomic mass is 16.5. The van der Waals surface area contributed by atoms with E-state index in [1.165, 1.54) is 0 Å². The molecule has 1 saturated carbocycles. The Balaban J connectivity index is 1.63. The van der Waals surface area contributed by atoms with Crippen LogP contribution in [0.4, 0.5) is 0 Å². The summed E-state index contributed by atoms with van der Waals surface area (Å²) in [5.74, 6) is -0.405. The van der Waals surface area contributed by atoms with Crippen LogP contribution in [0.5, 0.6) is 5.75 Å². The second-order valence-corrected chi connectivity index (χ2v) is 8.82. The first-order chi connectivity index (χ1) is 15.3. The third kappa shape index (κ3) is 5.69. The van der Waals surface area contributed by atoms with Gasteiger partial charge in [-0.1, -0.05) is 13.3 Å². The molecule has 2 N–H and O–H groups in total. The molecule has 7 heteroatoms.